The Morgan fingerprint density at radius 2 is 1.46 bits per heavy atom. The predicted octanol–water partition coefficient (Wildman–Crippen LogP) is 11.1. The molecule has 0 spiro atoms. The highest BCUT2D eigenvalue weighted by Crippen LogP contribution is 2.49. The van der Waals surface area contributed by atoms with Crippen LogP contribution in [0.4, 0.5) is 0 Å². The quantitative estimate of drug-likeness (QED) is 0.138. The van der Waals surface area contributed by atoms with E-state index in [2.05, 4.69) is 157 Å². The Bertz CT molecular complexity index is 2140. The van der Waals surface area contributed by atoms with E-state index in [4.69, 9.17) is 0 Å². The van der Waals surface area contributed by atoms with Crippen LogP contribution in [0.2, 0.25) is 0 Å². The molecule has 0 atom stereocenters. The van der Waals surface area contributed by atoms with Gasteiger partial charge in [0.25, 0.3) is 0 Å². The molecule has 0 amide bonds. The molecule has 1 aliphatic heterocycles. The average Bonchev–Trinajstić information content (AvgIpc) is 3.45. The van der Waals surface area contributed by atoms with Crippen LogP contribution in [0, 0.1) is 0 Å². The molecule has 46 heavy (non-hydrogen) atoms. The monoisotopic (exact) mass is 592 g/mol. The number of dihydropyridines is 1. The van der Waals surface area contributed by atoms with Crippen LogP contribution in [-0.2, 0) is 0 Å². The number of nitrogens with zero attached hydrogens (tertiary/aromatic N) is 1. The first-order valence-corrected chi connectivity index (χ1v) is 15.8. The topological polar surface area (TPSA) is 24.4 Å². The number of hydrogen-bond acceptors (Lipinski definition) is 2. The van der Waals surface area contributed by atoms with Gasteiger partial charge in [0.15, 0.2) is 0 Å². The van der Waals surface area contributed by atoms with E-state index in [1.165, 1.54) is 66.4 Å². The van der Waals surface area contributed by atoms with Crippen LogP contribution >= 0.6 is 0 Å². The van der Waals surface area contributed by atoms with Gasteiger partial charge in [0.1, 0.15) is 0 Å². The highest BCUT2D eigenvalue weighted by Gasteiger charge is 2.22. The summed E-state index contributed by atoms with van der Waals surface area (Å²) in [7, 11) is 1.79. The van der Waals surface area contributed by atoms with Crippen molar-refractivity contribution in [3.8, 4) is 44.5 Å². The van der Waals surface area contributed by atoms with Gasteiger partial charge in [0.2, 0.25) is 0 Å². The fourth-order valence-electron chi connectivity index (χ4n) is 6.64. The molecule has 5 aromatic carbocycles. The largest absolute Gasteiger partial charge is 0.387 e. The molecular formula is C44H36N2. The molecule has 0 fully saturated rings. The van der Waals surface area contributed by atoms with E-state index in [9.17, 15) is 0 Å². The van der Waals surface area contributed by atoms with Gasteiger partial charge in [-0.05, 0) is 108 Å². The first-order chi connectivity index (χ1) is 22.7. The van der Waals surface area contributed by atoms with E-state index in [1.807, 2.05) is 19.2 Å². The summed E-state index contributed by atoms with van der Waals surface area (Å²) in [4.78, 5) is 4.21. The average molecular weight is 593 g/mol. The third-order valence-electron chi connectivity index (χ3n) is 8.85. The van der Waals surface area contributed by atoms with Crippen molar-refractivity contribution in [3.05, 3.63) is 169 Å². The molecule has 1 aliphatic carbocycles. The Kier molecular flexibility index (Phi) is 8.01. The lowest BCUT2D eigenvalue weighted by atomic mass is 9.90. The molecule has 0 radical (unpaired) electrons. The molecule has 0 unspecified atom stereocenters. The van der Waals surface area contributed by atoms with Crippen molar-refractivity contribution in [1.82, 2.24) is 5.32 Å². The molecule has 0 aromatic heterocycles. The third-order valence-corrected chi connectivity index (χ3v) is 8.85. The Hall–Kier alpha value is -5.73. The summed E-state index contributed by atoms with van der Waals surface area (Å²) in [6.07, 6.45) is 18.6. The van der Waals surface area contributed by atoms with E-state index in [0.29, 0.717) is 0 Å². The molecule has 0 saturated heterocycles. The first kappa shape index (κ1) is 29.0. The van der Waals surface area contributed by atoms with Crippen molar-refractivity contribution >= 4 is 28.6 Å². The Morgan fingerprint density at radius 3 is 2.17 bits per heavy atom. The van der Waals surface area contributed by atoms with Crippen LogP contribution in [0.1, 0.15) is 18.1 Å². The van der Waals surface area contributed by atoms with E-state index in [1.54, 1.807) is 7.05 Å². The molecule has 0 bridgehead atoms. The minimum absolute atomic E-state index is 0.875. The molecule has 0 saturated carbocycles. The van der Waals surface area contributed by atoms with Gasteiger partial charge in [-0.1, -0.05) is 128 Å². The maximum Gasteiger partial charge on any atom is 0.0328 e. The second-order valence-corrected chi connectivity index (χ2v) is 11.6. The van der Waals surface area contributed by atoms with Crippen LogP contribution in [0.25, 0.3) is 66.9 Å². The van der Waals surface area contributed by atoms with Gasteiger partial charge >= 0.3 is 0 Å². The molecule has 1 heterocycles. The van der Waals surface area contributed by atoms with Gasteiger partial charge in [-0.15, -0.1) is 0 Å². The first-order valence-electron chi connectivity index (χ1n) is 15.8. The van der Waals surface area contributed by atoms with Crippen LogP contribution in [0.5, 0.6) is 0 Å². The van der Waals surface area contributed by atoms with Gasteiger partial charge in [-0.3, -0.25) is 4.99 Å². The summed E-state index contributed by atoms with van der Waals surface area (Å²) in [5.41, 5.74) is 15.7. The lowest BCUT2D eigenvalue weighted by molar-refractivity contribution is 0.976. The van der Waals surface area contributed by atoms with Crippen molar-refractivity contribution in [1.29, 1.82) is 0 Å². The Labute approximate surface area is 271 Å². The summed E-state index contributed by atoms with van der Waals surface area (Å²) in [5, 5.41) is 5.94. The van der Waals surface area contributed by atoms with Gasteiger partial charge in [-0.2, -0.15) is 0 Å². The fourth-order valence-corrected chi connectivity index (χ4v) is 6.64. The molecule has 222 valence electrons. The van der Waals surface area contributed by atoms with Crippen molar-refractivity contribution in [2.24, 2.45) is 4.99 Å². The molecule has 2 aliphatic rings. The molecule has 7 rings (SSSR count). The standard InChI is InChI=1S/C44H36N2/c1-4-31(32(5-2)28-45-3)12-8-11-30-25-36(34-20-18-33(19-21-34)35-13-10-24-46-29-35)27-37(26-30)38-22-23-43-40-15-7-6-14-39(40)42-17-9-16-41(38)44(42)43/h4-23,25-29,46H,1,24H2,2-3H3/b11-8+,31-12+,32-5+,45-28?. The van der Waals surface area contributed by atoms with Crippen molar-refractivity contribution in [3.63, 3.8) is 0 Å². The molecular weight excluding hydrogens is 556 g/mol. The SMILES string of the molecule is C=CC(=C\C=C\c1cc(-c2ccc(C3=CNCC=C3)cc2)cc(-c2ccc3c4c(cccc24)-c2ccccc2-3)c1)/C(C=NC)=C/C. The second-order valence-electron chi connectivity index (χ2n) is 11.6. The zero-order chi connectivity index (χ0) is 31.5. The number of benzene rings is 5. The highest BCUT2D eigenvalue weighted by molar-refractivity contribution is 6.18. The van der Waals surface area contributed by atoms with Crippen LogP contribution in [-0.4, -0.2) is 19.8 Å². The van der Waals surface area contributed by atoms with E-state index in [-0.39, 0.29) is 0 Å². The number of allylic oxidation sites excluding steroid dienone is 8. The minimum atomic E-state index is 0.875. The van der Waals surface area contributed by atoms with Gasteiger partial charge in [-0.25, -0.2) is 0 Å². The van der Waals surface area contributed by atoms with E-state index >= 15 is 0 Å². The number of fused-ring (bicyclic) bond motifs is 3. The Balaban J connectivity index is 1.35. The lowest BCUT2D eigenvalue weighted by Crippen LogP contribution is -2.08. The molecule has 5 aromatic rings. The maximum atomic E-state index is 4.21. The smallest absolute Gasteiger partial charge is 0.0328 e. The number of aliphatic imine (C=N–C) groups is 1. The normalized spacial score (nSPS) is 14.2. The molecule has 2 heteroatoms. The number of hydrogen-bond donors (Lipinski definition) is 1. The zero-order valence-electron chi connectivity index (χ0n) is 26.3. The fraction of sp³-hybridized carbons (Fsp3) is 0.0682. The minimum Gasteiger partial charge on any atom is -0.387 e. The summed E-state index contributed by atoms with van der Waals surface area (Å²) in [6.45, 7) is 6.93. The Morgan fingerprint density at radius 1 is 0.739 bits per heavy atom. The number of nitrogens with one attached hydrogen (secondary N) is 1. The second kappa shape index (κ2) is 12.7. The van der Waals surface area contributed by atoms with Crippen molar-refractivity contribution in [2.75, 3.05) is 13.6 Å². The van der Waals surface area contributed by atoms with E-state index < -0.39 is 0 Å². The van der Waals surface area contributed by atoms with Crippen molar-refractivity contribution in [2.45, 2.75) is 6.92 Å². The highest BCUT2D eigenvalue weighted by atomic mass is 14.8. The predicted molar refractivity (Wildman–Crippen MR) is 200 cm³/mol. The number of rotatable bonds is 8. The van der Waals surface area contributed by atoms with Crippen LogP contribution in [0.15, 0.2) is 162 Å². The molecule has 1 N–H and O–H groups in total. The summed E-state index contributed by atoms with van der Waals surface area (Å²) in [6, 6.07) is 35.9. The maximum absolute atomic E-state index is 4.21. The van der Waals surface area contributed by atoms with Gasteiger partial charge in [0, 0.05) is 26.0 Å². The summed E-state index contributed by atoms with van der Waals surface area (Å²) < 4.78 is 0. The van der Waals surface area contributed by atoms with E-state index in [0.717, 1.165) is 23.3 Å². The lowest BCUT2D eigenvalue weighted by Gasteiger charge is -2.14. The summed E-state index contributed by atoms with van der Waals surface area (Å²) in [5.74, 6) is 0. The van der Waals surface area contributed by atoms with Gasteiger partial charge < -0.3 is 5.32 Å². The van der Waals surface area contributed by atoms with Gasteiger partial charge in [0.05, 0.1) is 0 Å². The third kappa shape index (κ3) is 5.39. The van der Waals surface area contributed by atoms with Crippen molar-refractivity contribution < 1.29 is 0 Å². The van der Waals surface area contributed by atoms with Crippen LogP contribution < -0.4 is 5.32 Å². The molecule has 2 nitrogen and oxygen atoms in total. The van der Waals surface area contributed by atoms with Crippen LogP contribution in [0.3, 0.4) is 0 Å². The summed E-state index contributed by atoms with van der Waals surface area (Å²) >= 11 is 0. The zero-order valence-corrected chi connectivity index (χ0v) is 26.3.